The molecule has 144 valence electrons. The molecule has 0 bridgehead atoms. The van der Waals surface area contributed by atoms with E-state index in [1.807, 2.05) is 61.5 Å². The Morgan fingerprint density at radius 3 is 2.57 bits per heavy atom. The quantitative estimate of drug-likeness (QED) is 0.584. The maximum absolute atomic E-state index is 12.8. The molecule has 2 aromatic carbocycles. The standard InChI is InChI=1S/C21H22N4OS2/c1-15(27-21-24-23-20(28-21)25-13-7-8-14-25)19(26)22-18-12-6-5-11-17(18)16-9-3-2-4-10-16/h2-6,9-12,15H,7-8,13-14H2,1H3,(H,22,26). The van der Waals surface area contributed by atoms with E-state index in [1.54, 1.807) is 11.3 Å². The predicted molar refractivity (Wildman–Crippen MR) is 117 cm³/mol. The Morgan fingerprint density at radius 2 is 1.79 bits per heavy atom. The van der Waals surface area contributed by atoms with Crippen LogP contribution in [-0.4, -0.2) is 34.4 Å². The lowest BCUT2D eigenvalue weighted by Crippen LogP contribution is -2.22. The smallest absolute Gasteiger partial charge is 0.237 e. The van der Waals surface area contributed by atoms with E-state index in [9.17, 15) is 4.79 Å². The number of thioether (sulfide) groups is 1. The van der Waals surface area contributed by atoms with Gasteiger partial charge in [-0.3, -0.25) is 4.79 Å². The Bertz CT molecular complexity index is 938. The Labute approximate surface area is 173 Å². The molecule has 1 fully saturated rings. The molecule has 3 aromatic rings. The average Bonchev–Trinajstić information content (AvgIpc) is 3.41. The first-order chi connectivity index (χ1) is 13.7. The molecule has 7 heteroatoms. The summed E-state index contributed by atoms with van der Waals surface area (Å²) >= 11 is 3.03. The minimum absolute atomic E-state index is 0.0358. The molecule has 1 aromatic heterocycles. The van der Waals surface area contributed by atoms with Crippen LogP contribution in [0.2, 0.25) is 0 Å². The van der Waals surface area contributed by atoms with E-state index in [0.29, 0.717) is 0 Å². The fourth-order valence-corrected chi connectivity index (χ4v) is 5.22. The van der Waals surface area contributed by atoms with Crippen LogP contribution in [0.3, 0.4) is 0 Å². The van der Waals surface area contributed by atoms with Crippen LogP contribution in [0.25, 0.3) is 11.1 Å². The number of aromatic nitrogens is 2. The van der Waals surface area contributed by atoms with Crippen LogP contribution >= 0.6 is 23.1 Å². The van der Waals surface area contributed by atoms with Crippen molar-refractivity contribution in [2.24, 2.45) is 0 Å². The number of carbonyl (C=O) groups excluding carboxylic acids is 1. The summed E-state index contributed by atoms with van der Waals surface area (Å²) in [5, 5.41) is 12.3. The number of carbonyl (C=O) groups is 1. The van der Waals surface area contributed by atoms with Crippen molar-refractivity contribution in [3.63, 3.8) is 0 Å². The topological polar surface area (TPSA) is 58.1 Å². The molecule has 1 saturated heterocycles. The number of hydrogen-bond acceptors (Lipinski definition) is 6. The zero-order valence-corrected chi connectivity index (χ0v) is 17.3. The highest BCUT2D eigenvalue weighted by Crippen LogP contribution is 2.33. The minimum atomic E-state index is -0.261. The number of nitrogens with one attached hydrogen (secondary N) is 1. The molecule has 1 N–H and O–H groups in total. The molecule has 4 rings (SSSR count). The Balaban J connectivity index is 1.43. The van der Waals surface area contributed by atoms with Crippen molar-refractivity contribution in [2.75, 3.05) is 23.3 Å². The number of amides is 1. The molecule has 1 aliphatic heterocycles. The summed E-state index contributed by atoms with van der Waals surface area (Å²) in [5.74, 6) is -0.0358. The van der Waals surface area contributed by atoms with Gasteiger partial charge in [0.05, 0.1) is 5.25 Å². The van der Waals surface area contributed by atoms with Crippen LogP contribution in [0.5, 0.6) is 0 Å². The second kappa shape index (κ2) is 8.75. The van der Waals surface area contributed by atoms with Crippen LogP contribution in [-0.2, 0) is 4.79 Å². The van der Waals surface area contributed by atoms with E-state index >= 15 is 0 Å². The van der Waals surface area contributed by atoms with E-state index in [0.717, 1.165) is 39.4 Å². The molecule has 2 heterocycles. The molecule has 1 aliphatic rings. The van der Waals surface area contributed by atoms with Gasteiger partial charge in [-0.1, -0.05) is 71.6 Å². The van der Waals surface area contributed by atoms with E-state index in [1.165, 1.54) is 24.6 Å². The molecule has 0 saturated carbocycles. The molecular weight excluding hydrogens is 388 g/mol. The van der Waals surface area contributed by atoms with Crippen molar-refractivity contribution in [3.8, 4) is 11.1 Å². The first kappa shape index (κ1) is 19.0. The Kier molecular flexibility index (Phi) is 5.92. The Morgan fingerprint density at radius 1 is 1.07 bits per heavy atom. The van der Waals surface area contributed by atoms with Crippen LogP contribution in [0.15, 0.2) is 58.9 Å². The summed E-state index contributed by atoms with van der Waals surface area (Å²) in [6.45, 7) is 4.00. The van der Waals surface area contributed by atoms with Gasteiger partial charge in [-0.25, -0.2) is 0 Å². The van der Waals surface area contributed by atoms with Crippen LogP contribution in [0.1, 0.15) is 19.8 Å². The van der Waals surface area contributed by atoms with Crippen molar-refractivity contribution < 1.29 is 4.79 Å². The lowest BCUT2D eigenvalue weighted by atomic mass is 10.0. The third kappa shape index (κ3) is 4.36. The SMILES string of the molecule is CC(Sc1nnc(N2CCCC2)s1)C(=O)Nc1ccccc1-c1ccccc1. The average molecular weight is 411 g/mol. The molecule has 0 radical (unpaired) electrons. The first-order valence-electron chi connectivity index (χ1n) is 9.41. The van der Waals surface area contributed by atoms with E-state index < -0.39 is 0 Å². The number of nitrogens with zero attached hydrogens (tertiary/aromatic N) is 3. The molecule has 28 heavy (non-hydrogen) atoms. The van der Waals surface area contributed by atoms with Gasteiger partial charge in [-0.05, 0) is 31.4 Å². The summed E-state index contributed by atoms with van der Waals surface area (Å²) in [7, 11) is 0. The second-order valence-electron chi connectivity index (χ2n) is 6.71. The number of para-hydroxylation sites is 1. The summed E-state index contributed by atoms with van der Waals surface area (Å²) in [5.41, 5.74) is 2.92. The highest BCUT2D eigenvalue weighted by molar-refractivity contribution is 8.02. The summed E-state index contributed by atoms with van der Waals surface area (Å²) in [4.78, 5) is 15.0. The lowest BCUT2D eigenvalue weighted by Gasteiger charge is -2.14. The van der Waals surface area contributed by atoms with Crippen molar-refractivity contribution in [3.05, 3.63) is 54.6 Å². The molecule has 1 unspecified atom stereocenters. The summed E-state index contributed by atoms with van der Waals surface area (Å²) < 4.78 is 0.834. The number of rotatable bonds is 6. The van der Waals surface area contributed by atoms with Crippen molar-refractivity contribution >= 4 is 39.8 Å². The number of benzene rings is 2. The van der Waals surface area contributed by atoms with E-state index in [2.05, 4.69) is 20.4 Å². The number of anilines is 2. The summed E-state index contributed by atoms with van der Waals surface area (Å²) in [6, 6.07) is 18.0. The monoisotopic (exact) mass is 410 g/mol. The van der Waals surface area contributed by atoms with E-state index in [4.69, 9.17) is 0 Å². The summed E-state index contributed by atoms with van der Waals surface area (Å²) in [6.07, 6.45) is 2.42. The van der Waals surface area contributed by atoms with Gasteiger partial charge in [0.15, 0.2) is 4.34 Å². The maximum Gasteiger partial charge on any atom is 0.237 e. The highest BCUT2D eigenvalue weighted by Gasteiger charge is 2.21. The van der Waals surface area contributed by atoms with Crippen LogP contribution in [0, 0.1) is 0 Å². The maximum atomic E-state index is 12.8. The van der Waals surface area contributed by atoms with Gasteiger partial charge >= 0.3 is 0 Å². The van der Waals surface area contributed by atoms with E-state index in [-0.39, 0.29) is 11.2 Å². The van der Waals surface area contributed by atoms with Gasteiger partial charge in [-0.15, -0.1) is 10.2 Å². The fraction of sp³-hybridized carbons (Fsp3) is 0.286. The van der Waals surface area contributed by atoms with Gasteiger partial charge in [0, 0.05) is 24.3 Å². The zero-order valence-electron chi connectivity index (χ0n) is 15.7. The van der Waals surface area contributed by atoms with Gasteiger partial charge in [0.1, 0.15) is 0 Å². The fourth-order valence-electron chi connectivity index (χ4n) is 3.19. The van der Waals surface area contributed by atoms with Crippen LogP contribution < -0.4 is 10.2 Å². The van der Waals surface area contributed by atoms with Gasteiger partial charge in [0.2, 0.25) is 11.0 Å². The third-order valence-electron chi connectivity index (χ3n) is 4.69. The minimum Gasteiger partial charge on any atom is -0.347 e. The van der Waals surface area contributed by atoms with Crippen LogP contribution in [0.4, 0.5) is 10.8 Å². The molecule has 1 amide bonds. The third-order valence-corrected chi connectivity index (χ3v) is 6.86. The van der Waals surface area contributed by atoms with Gasteiger partial charge in [-0.2, -0.15) is 0 Å². The predicted octanol–water partition coefficient (Wildman–Crippen LogP) is 4.92. The van der Waals surface area contributed by atoms with Crippen molar-refractivity contribution in [2.45, 2.75) is 29.4 Å². The van der Waals surface area contributed by atoms with Gasteiger partial charge < -0.3 is 10.2 Å². The van der Waals surface area contributed by atoms with Gasteiger partial charge in [0.25, 0.3) is 0 Å². The first-order valence-corrected chi connectivity index (χ1v) is 11.1. The number of hydrogen-bond donors (Lipinski definition) is 1. The van der Waals surface area contributed by atoms with Crippen molar-refractivity contribution in [1.82, 2.24) is 10.2 Å². The second-order valence-corrected chi connectivity index (χ2v) is 9.25. The molecule has 0 aliphatic carbocycles. The lowest BCUT2D eigenvalue weighted by molar-refractivity contribution is -0.115. The molecule has 5 nitrogen and oxygen atoms in total. The highest BCUT2D eigenvalue weighted by atomic mass is 32.2. The molecule has 1 atom stereocenters. The molecular formula is C21H22N4OS2. The zero-order chi connectivity index (χ0) is 19.3. The molecule has 0 spiro atoms. The normalized spacial score (nSPS) is 14.8. The van der Waals surface area contributed by atoms with Crippen molar-refractivity contribution in [1.29, 1.82) is 0 Å². The largest absolute Gasteiger partial charge is 0.347 e. The Hall–Kier alpha value is -2.38.